The summed E-state index contributed by atoms with van der Waals surface area (Å²) in [5, 5.41) is 0. The summed E-state index contributed by atoms with van der Waals surface area (Å²) in [6, 6.07) is 5.79. The van der Waals surface area contributed by atoms with Crippen molar-refractivity contribution >= 4 is 11.6 Å². The third-order valence-electron chi connectivity index (χ3n) is 1.94. The fraction of sp³-hybridized carbons (Fsp3) is 0.333. The maximum absolute atomic E-state index is 5.61. The van der Waals surface area contributed by atoms with E-state index in [1.165, 1.54) is 0 Å². The molecule has 1 aromatic carbocycles. The summed E-state index contributed by atoms with van der Waals surface area (Å²) in [4.78, 5) is 0. The van der Waals surface area contributed by atoms with E-state index in [2.05, 4.69) is 6.58 Å². The molecule has 0 amide bonds. The summed E-state index contributed by atoms with van der Waals surface area (Å²) < 4.78 is 10.7. The molecule has 0 bridgehead atoms. The summed E-state index contributed by atoms with van der Waals surface area (Å²) in [7, 11) is 1.62. The van der Waals surface area contributed by atoms with Gasteiger partial charge in [0.25, 0.3) is 0 Å². The number of halogens is 1. The van der Waals surface area contributed by atoms with Gasteiger partial charge in [-0.05, 0) is 30.2 Å². The van der Waals surface area contributed by atoms with Gasteiger partial charge in [-0.1, -0.05) is 12.6 Å². The van der Waals surface area contributed by atoms with Crippen LogP contribution in [-0.4, -0.2) is 19.6 Å². The van der Waals surface area contributed by atoms with Crippen LogP contribution in [0.15, 0.2) is 30.4 Å². The Morgan fingerprint density at radius 1 is 1.40 bits per heavy atom. The van der Waals surface area contributed by atoms with Gasteiger partial charge in [0.15, 0.2) is 11.5 Å². The first-order valence-electron chi connectivity index (χ1n) is 4.67. The molecule has 0 spiro atoms. The number of hydrogen-bond acceptors (Lipinski definition) is 2. The molecule has 15 heavy (non-hydrogen) atoms. The van der Waals surface area contributed by atoms with Gasteiger partial charge in [0, 0.05) is 5.88 Å². The number of rotatable bonds is 5. The van der Waals surface area contributed by atoms with Gasteiger partial charge in [0.05, 0.1) is 7.11 Å². The standard InChI is InChI=1S/C12H15ClO2/c1-9-4-5-11(12(6-9)14-3)15-8-10(2)7-13/h4-6H,2,7-8H2,1,3H3. The second-order valence-electron chi connectivity index (χ2n) is 3.33. The number of hydrogen-bond donors (Lipinski definition) is 0. The molecule has 0 unspecified atom stereocenters. The second-order valence-corrected chi connectivity index (χ2v) is 3.59. The molecular weight excluding hydrogens is 212 g/mol. The minimum Gasteiger partial charge on any atom is -0.493 e. The maximum atomic E-state index is 5.61. The van der Waals surface area contributed by atoms with Crippen LogP contribution in [0.2, 0.25) is 0 Å². The number of benzene rings is 1. The fourth-order valence-electron chi connectivity index (χ4n) is 1.11. The van der Waals surface area contributed by atoms with Crippen molar-refractivity contribution in [3.05, 3.63) is 35.9 Å². The molecule has 0 fully saturated rings. The Morgan fingerprint density at radius 2 is 2.13 bits per heavy atom. The molecule has 1 aromatic rings. The Bertz CT molecular complexity index is 347. The molecule has 3 heteroatoms. The van der Waals surface area contributed by atoms with Crippen molar-refractivity contribution in [2.45, 2.75) is 6.92 Å². The van der Waals surface area contributed by atoms with Crippen LogP contribution >= 0.6 is 11.6 Å². The van der Waals surface area contributed by atoms with E-state index in [1.54, 1.807) is 7.11 Å². The van der Waals surface area contributed by atoms with E-state index in [-0.39, 0.29) is 0 Å². The molecule has 0 saturated carbocycles. The first-order chi connectivity index (χ1) is 7.17. The highest BCUT2D eigenvalue weighted by molar-refractivity contribution is 6.19. The van der Waals surface area contributed by atoms with Crippen molar-refractivity contribution < 1.29 is 9.47 Å². The average Bonchev–Trinajstić information content (AvgIpc) is 2.26. The molecule has 2 nitrogen and oxygen atoms in total. The van der Waals surface area contributed by atoms with Crippen molar-refractivity contribution in [2.75, 3.05) is 19.6 Å². The minimum absolute atomic E-state index is 0.411. The van der Waals surface area contributed by atoms with Crippen LogP contribution in [-0.2, 0) is 0 Å². The summed E-state index contributed by atoms with van der Waals surface area (Å²) in [5.41, 5.74) is 1.98. The van der Waals surface area contributed by atoms with E-state index in [1.807, 2.05) is 25.1 Å². The normalized spacial score (nSPS) is 9.80. The largest absolute Gasteiger partial charge is 0.493 e. The van der Waals surface area contributed by atoms with Gasteiger partial charge in [0.2, 0.25) is 0 Å². The number of methoxy groups -OCH3 is 1. The highest BCUT2D eigenvalue weighted by Crippen LogP contribution is 2.27. The van der Waals surface area contributed by atoms with Gasteiger partial charge in [-0.25, -0.2) is 0 Å². The van der Waals surface area contributed by atoms with Gasteiger partial charge >= 0.3 is 0 Å². The van der Waals surface area contributed by atoms with Crippen LogP contribution < -0.4 is 9.47 Å². The van der Waals surface area contributed by atoms with E-state index >= 15 is 0 Å². The number of aryl methyl sites for hydroxylation is 1. The topological polar surface area (TPSA) is 18.5 Å². The number of ether oxygens (including phenoxy) is 2. The molecule has 82 valence electrons. The first-order valence-corrected chi connectivity index (χ1v) is 5.21. The summed E-state index contributed by atoms with van der Waals surface area (Å²) in [6.45, 7) is 6.19. The van der Waals surface area contributed by atoms with Gasteiger partial charge in [-0.15, -0.1) is 11.6 Å². The molecule has 0 aliphatic carbocycles. The Morgan fingerprint density at radius 3 is 2.73 bits per heavy atom. The maximum Gasteiger partial charge on any atom is 0.161 e. The zero-order valence-corrected chi connectivity index (χ0v) is 9.80. The van der Waals surface area contributed by atoms with E-state index in [0.717, 1.165) is 22.6 Å². The Balaban J connectivity index is 2.72. The molecule has 0 heterocycles. The average molecular weight is 227 g/mol. The number of alkyl halides is 1. The second kappa shape index (κ2) is 5.66. The lowest BCUT2D eigenvalue weighted by Gasteiger charge is -2.11. The third kappa shape index (κ3) is 3.48. The molecule has 0 saturated heterocycles. The predicted molar refractivity (Wildman–Crippen MR) is 63.1 cm³/mol. The van der Waals surface area contributed by atoms with Gasteiger partial charge in [-0.2, -0.15) is 0 Å². The molecule has 1 rings (SSSR count). The van der Waals surface area contributed by atoms with Crippen LogP contribution in [0.25, 0.3) is 0 Å². The Labute approximate surface area is 95.5 Å². The molecule has 0 atom stereocenters. The van der Waals surface area contributed by atoms with Crippen molar-refractivity contribution in [1.29, 1.82) is 0 Å². The van der Waals surface area contributed by atoms with E-state index < -0.39 is 0 Å². The smallest absolute Gasteiger partial charge is 0.161 e. The van der Waals surface area contributed by atoms with Crippen molar-refractivity contribution in [2.24, 2.45) is 0 Å². The lowest BCUT2D eigenvalue weighted by Crippen LogP contribution is -2.02. The summed E-state index contributed by atoms with van der Waals surface area (Å²) >= 11 is 5.61. The Hall–Kier alpha value is -1.15. The molecule has 0 aliphatic heterocycles. The summed E-state index contributed by atoms with van der Waals surface area (Å²) in [5.74, 6) is 1.86. The van der Waals surface area contributed by atoms with Crippen molar-refractivity contribution in [1.82, 2.24) is 0 Å². The monoisotopic (exact) mass is 226 g/mol. The van der Waals surface area contributed by atoms with Gasteiger partial charge < -0.3 is 9.47 Å². The zero-order valence-electron chi connectivity index (χ0n) is 9.05. The van der Waals surface area contributed by atoms with Crippen LogP contribution in [0.5, 0.6) is 11.5 Å². The lowest BCUT2D eigenvalue weighted by molar-refractivity contribution is 0.320. The van der Waals surface area contributed by atoms with Crippen LogP contribution in [0.4, 0.5) is 0 Å². The van der Waals surface area contributed by atoms with E-state index in [9.17, 15) is 0 Å². The molecule has 0 N–H and O–H groups in total. The molecule has 0 aromatic heterocycles. The molecule has 0 aliphatic rings. The van der Waals surface area contributed by atoms with E-state index in [0.29, 0.717) is 12.5 Å². The SMILES string of the molecule is C=C(CCl)COc1ccc(C)cc1OC. The van der Waals surface area contributed by atoms with Crippen LogP contribution in [0.3, 0.4) is 0 Å². The van der Waals surface area contributed by atoms with Gasteiger partial charge in [-0.3, -0.25) is 0 Å². The highest BCUT2D eigenvalue weighted by atomic mass is 35.5. The third-order valence-corrected chi connectivity index (χ3v) is 2.32. The lowest BCUT2D eigenvalue weighted by atomic mass is 10.2. The zero-order chi connectivity index (χ0) is 11.3. The fourth-order valence-corrected chi connectivity index (χ4v) is 1.19. The van der Waals surface area contributed by atoms with E-state index in [4.69, 9.17) is 21.1 Å². The minimum atomic E-state index is 0.411. The van der Waals surface area contributed by atoms with Crippen LogP contribution in [0.1, 0.15) is 5.56 Å². The van der Waals surface area contributed by atoms with Crippen molar-refractivity contribution in [3.63, 3.8) is 0 Å². The Kier molecular flexibility index (Phi) is 4.50. The molecule has 0 radical (unpaired) electrons. The first kappa shape index (κ1) is 11.9. The quantitative estimate of drug-likeness (QED) is 0.567. The predicted octanol–water partition coefficient (Wildman–Crippen LogP) is 3.18. The van der Waals surface area contributed by atoms with Crippen LogP contribution in [0, 0.1) is 6.92 Å². The molecular formula is C12H15ClO2. The summed E-state index contributed by atoms with van der Waals surface area (Å²) in [6.07, 6.45) is 0. The van der Waals surface area contributed by atoms with Gasteiger partial charge in [0.1, 0.15) is 6.61 Å². The highest BCUT2D eigenvalue weighted by Gasteiger charge is 2.04. The van der Waals surface area contributed by atoms with Crippen molar-refractivity contribution in [3.8, 4) is 11.5 Å².